The zero-order chi connectivity index (χ0) is 11.6. The van der Waals surface area contributed by atoms with Crippen molar-refractivity contribution < 1.29 is 0 Å². The first-order valence-electron chi connectivity index (χ1n) is 7.08. The Balaban J connectivity index is 1.88. The largest absolute Gasteiger partial charge is 0.327 e. The van der Waals surface area contributed by atoms with E-state index < -0.39 is 0 Å². The van der Waals surface area contributed by atoms with Crippen molar-refractivity contribution in [1.29, 1.82) is 0 Å². The number of hydrogen-bond acceptors (Lipinski definition) is 2. The third-order valence-corrected chi connectivity index (χ3v) is 4.85. The number of nitrogens with two attached hydrogens (primary N) is 1. The standard InChI is InChI=1S/C14H28N2/c1-12-5-4-9-16(10-7-12)11-14(2)8-3-6-13(14)15/h12-13H,3-11,15H2,1-2H3. The molecular weight excluding hydrogens is 196 g/mol. The lowest BCUT2D eigenvalue weighted by atomic mass is 9.84. The summed E-state index contributed by atoms with van der Waals surface area (Å²) in [6.07, 6.45) is 8.08. The normalized spacial score (nSPS) is 42.2. The van der Waals surface area contributed by atoms with E-state index in [0.29, 0.717) is 11.5 Å². The Labute approximate surface area is 101 Å². The number of hydrogen-bond donors (Lipinski definition) is 1. The number of likely N-dealkylation sites (tertiary alicyclic amines) is 1. The highest BCUT2D eigenvalue weighted by Gasteiger charge is 2.37. The van der Waals surface area contributed by atoms with Gasteiger partial charge in [-0.1, -0.05) is 20.3 Å². The molecule has 94 valence electrons. The number of nitrogens with zero attached hydrogens (tertiary/aromatic N) is 1. The maximum Gasteiger partial charge on any atom is 0.0105 e. The fourth-order valence-corrected chi connectivity index (χ4v) is 3.45. The molecule has 2 rings (SSSR count). The predicted octanol–water partition coefficient (Wildman–Crippen LogP) is 2.63. The molecule has 2 fully saturated rings. The molecule has 2 N–H and O–H groups in total. The van der Waals surface area contributed by atoms with Crippen LogP contribution in [0.4, 0.5) is 0 Å². The minimum absolute atomic E-state index is 0.396. The molecular formula is C14H28N2. The molecule has 2 nitrogen and oxygen atoms in total. The summed E-state index contributed by atoms with van der Waals surface area (Å²) >= 11 is 0. The molecule has 0 aromatic heterocycles. The smallest absolute Gasteiger partial charge is 0.0105 e. The summed E-state index contributed by atoms with van der Waals surface area (Å²) in [5, 5.41) is 0. The van der Waals surface area contributed by atoms with Crippen molar-refractivity contribution in [1.82, 2.24) is 4.90 Å². The van der Waals surface area contributed by atoms with Crippen molar-refractivity contribution in [3.63, 3.8) is 0 Å². The second-order valence-corrected chi connectivity index (χ2v) is 6.46. The summed E-state index contributed by atoms with van der Waals surface area (Å²) in [7, 11) is 0. The van der Waals surface area contributed by atoms with E-state index in [2.05, 4.69) is 18.7 Å². The van der Waals surface area contributed by atoms with Crippen LogP contribution in [0, 0.1) is 11.3 Å². The Hall–Kier alpha value is -0.0800. The molecule has 2 aliphatic rings. The Morgan fingerprint density at radius 1 is 1.19 bits per heavy atom. The van der Waals surface area contributed by atoms with Gasteiger partial charge in [0.25, 0.3) is 0 Å². The van der Waals surface area contributed by atoms with Crippen molar-refractivity contribution in [3.8, 4) is 0 Å². The summed E-state index contributed by atoms with van der Waals surface area (Å²) in [6, 6.07) is 0.438. The van der Waals surface area contributed by atoms with Crippen LogP contribution in [0.1, 0.15) is 52.4 Å². The average molecular weight is 224 g/mol. The highest BCUT2D eigenvalue weighted by molar-refractivity contribution is 4.93. The molecule has 3 unspecified atom stereocenters. The minimum atomic E-state index is 0.396. The summed E-state index contributed by atoms with van der Waals surface area (Å²) in [5.74, 6) is 0.926. The van der Waals surface area contributed by atoms with Crippen molar-refractivity contribution in [3.05, 3.63) is 0 Å². The van der Waals surface area contributed by atoms with Crippen LogP contribution in [0.5, 0.6) is 0 Å². The molecule has 1 saturated carbocycles. The second-order valence-electron chi connectivity index (χ2n) is 6.46. The van der Waals surface area contributed by atoms with Crippen LogP contribution in [0.3, 0.4) is 0 Å². The van der Waals surface area contributed by atoms with Crippen molar-refractivity contribution in [2.24, 2.45) is 17.1 Å². The molecule has 0 amide bonds. The molecule has 0 bridgehead atoms. The molecule has 1 heterocycles. The monoisotopic (exact) mass is 224 g/mol. The van der Waals surface area contributed by atoms with Gasteiger partial charge in [0.1, 0.15) is 0 Å². The van der Waals surface area contributed by atoms with Gasteiger partial charge in [0.05, 0.1) is 0 Å². The molecule has 1 aliphatic carbocycles. The van der Waals surface area contributed by atoms with Crippen LogP contribution in [-0.2, 0) is 0 Å². The Morgan fingerprint density at radius 2 is 2.00 bits per heavy atom. The predicted molar refractivity (Wildman–Crippen MR) is 69.4 cm³/mol. The SMILES string of the molecule is CC1CCCN(CC2(C)CCCC2N)CC1. The van der Waals surface area contributed by atoms with Gasteiger partial charge in [0, 0.05) is 12.6 Å². The van der Waals surface area contributed by atoms with Gasteiger partial charge in [0.15, 0.2) is 0 Å². The van der Waals surface area contributed by atoms with E-state index in [1.54, 1.807) is 0 Å². The van der Waals surface area contributed by atoms with E-state index in [-0.39, 0.29) is 0 Å². The van der Waals surface area contributed by atoms with Gasteiger partial charge in [-0.05, 0) is 56.5 Å². The molecule has 0 aromatic rings. The van der Waals surface area contributed by atoms with Gasteiger partial charge in [-0.15, -0.1) is 0 Å². The molecule has 16 heavy (non-hydrogen) atoms. The van der Waals surface area contributed by atoms with Crippen LogP contribution in [0.25, 0.3) is 0 Å². The number of rotatable bonds is 2. The fraction of sp³-hybridized carbons (Fsp3) is 1.00. The van der Waals surface area contributed by atoms with Crippen LogP contribution in [0.15, 0.2) is 0 Å². The zero-order valence-electron chi connectivity index (χ0n) is 11.0. The lowest BCUT2D eigenvalue weighted by molar-refractivity contribution is 0.156. The van der Waals surface area contributed by atoms with Crippen LogP contribution >= 0.6 is 0 Å². The maximum absolute atomic E-state index is 6.27. The van der Waals surface area contributed by atoms with Crippen LogP contribution < -0.4 is 5.73 Å². The Bertz CT molecular complexity index is 229. The van der Waals surface area contributed by atoms with Crippen LogP contribution in [-0.4, -0.2) is 30.6 Å². The first-order valence-corrected chi connectivity index (χ1v) is 7.08. The Morgan fingerprint density at radius 3 is 2.69 bits per heavy atom. The van der Waals surface area contributed by atoms with Gasteiger partial charge in [-0.25, -0.2) is 0 Å². The summed E-state index contributed by atoms with van der Waals surface area (Å²) in [5.41, 5.74) is 6.67. The van der Waals surface area contributed by atoms with Crippen molar-refractivity contribution in [2.75, 3.05) is 19.6 Å². The first kappa shape index (κ1) is 12.4. The third kappa shape index (κ3) is 2.78. The molecule has 2 heteroatoms. The lowest BCUT2D eigenvalue weighted by Crippen LogP contribution is -2.44. The first-order chi connectivity index (χ1) is 7.60. The molecule has 0 radical (unpaired) electrons. The zero-order valence-corrected chi connectivity index (χ0v) is 11.0. The molecule has 1 saturated heterocycles. The quantitative estimate of drug-likeness (QED) is 0.781. The maximum atomic E-state index is 6.27. The van der Waals surface area contributed by atoms with Crippen molar-refractivity contribution in [2.45, 2.75) is 58.4 Å². The average Bonchev–Trinajstić information content (AvgIpc) is 2.45. The molecule has 3 atom stereocenters. The molecule has 0 spiro atoms. The van der Waals surface area contributed by atoms with Gasteiger partial charge < -0.3 is 10.6 Å². The second kappa shape index (κ2) is 5.05. The lowest BCUT2D eigenvalue weighted by Gasteiger charge is -2.35. The summed E-state index contributed by atoms with van der Waals surface area (Å²) in [6.45, 7) is 8.63. The summed E-state index contributed by atoms with van der Waals surface area (Å²) in [4.78, 5) is 2.68. The molecule has 0 aromatic carbocycles. The topological polar surface area (TPSA) is 29.3 Å². The highest BCUT2D eigenvalue weighted by Crippen LogP contribution is 2.37. The van der Waals surface area contributed by atoms with Crippen LogP contribution in [0.2, 0.25) is 0 Å². The highest BCUT2D eigenvalue weighted by atomic mass is 15.1. The van der Waals surface area contributed by atoms with E-state index in [1.807, 2.05) is 0 Å². The third-order valence-electron chi connectivity index (χ3n) is 4.85. The van der Waals surface area contributed by atoms with Gasteiger partial charge in [0.2, 0.25) is 0 Å². The fourth-order valence-electron chi connectivity index (χ4n) is 3.45. The van der Waals surface area contributed by atoms with E-state index in [0.717, 1.165) is 5.92 Å². The van der Waals surface area contributed by atoms with Gasteiger partial charge in [-0.2, -0.15) is 0 Å². The molecule has 1 aliphatic heterocycles. The minimum Gasteiger partial charge on any atom is -0.327 e. The summed E-state index contributed by atoms with van der Waals surface area (Å²) < 4.78 is 0. The van der Waals surface area contributed by atoms with Gasteiger partial charge in [-0.3, -0.25) is 0 Å². The van der Waals surface area contributed by atoms with E-state index >= 15 is 0 Å². The Kier molecular flexibility index (Phi) is 3.91. The van der Waals surface area contributed by atoms with Crippen molar-refractivity contribution >= 4 is 0 Å². The van der Waals surface area contributed by atoms with E-state index in [9.17, 15) is 0 Å². The van der Waals surface area contributed by atoms with Gasteiger partial charge >= 0.3 is 0 Å². The van der Waals surface area contributed by atoms with E-state index in [4.69, 9.17) is 5.73 Å². The van der Waals surface area contributed by atoms with E-state index in [1.165, 1.54) is 58.2 Å².